The maximum atomic E-state index is 12.8. The molecule has 0 radical (unpaired) electrons. The molecule has 29 heavy (non-hydrogen) atoms. The average molecular weight is 423 g/mol. The maximum Gasteiger partial charge on any atom is 0.265 e. The number of ether oxygens (including phenoxy) is 2. The third-order valence-corrected chi connectivity index (χ3v) is 6.39. The van der Waals surface area contributed by atoms with Gasteiger partial charge in [0.25, 0.3) is 5.91 Å². The Morgan fingerprint density at radius 1 is 1.28 bits per heavy atom. The first-order chi connectivity index (χ1) is 13.8. The molecule has 1 unspecified atom stereocenters. The molecular formula is C19H26N4O5S. The van der Waals surface area contributed by atoms with Crippen molar-refractivity contribution in [3.8, 4) is 5.75 Å². The fraction of sp³-hybridized carbons (Fsp3) is 0.421. The van der Waals surface area contributed by atoms with Gasteiger partial charge in [-0.25, -0.2) is 13.1 Å². The van der Waals surface area contributed by atoms with Crippen LogP contribution in [0.4, 0.5) is 0 Å². The number of aromatic nitrogens is 1. The Morgan fingerprint density at radius 2 is 1.93 bits per heavy atom. The molecular weight excluding hydrogens is 396 g/mol. The molecule has 0 aliphatic carbocycles. The molecule has 0 bridgehead atoms. The van der Waals surface area contributed by atoms with E-state index in [-0.39, 0.29) is 23.2 Å². The molecule has 2 heterocycles. The van der Waals surface area contributed by atoms with Gasteiger partial charge < -0.3 is 19.8 Å². The van der Waals surface area contributed by atoms with E-state index in [9.17, 15) is 13.2 Å². The molecule has 10 heteroatoms. The molecule has 1 saturated heterocycles. The van der Waals surface area contributed by atoms with E-state index >= 15 is 0 Å². The summed E-state index contributed by atoms with van der Waals surface area (Å²) in [6.07, 6.45) is 1.37. The fourth-order valence-electron chi connectivity index (χ4n) is 3.37. The van der Waals surface area contributed by atoms with E-state index < -0.39 is 15.9 Å². The molecule has 3 rings (SSSR count). The highest BCUT2D eigenvalue weighted by atomic mass is 32.2. The topological polar surface area (TPSA) is 116 Å². The first-order valence-electron chi connectivity index (χ1n) is 9.23. The van der Waals surface area contributed by atoms with Crippen LogP contribution < -0.4 is 15.2 Å². The molecule has 1 fully saturated rings. The number of rotatable bonds is 8. The van der Waals surface area contributed by atoms with Gasteiger partial charge in [0, 0.05) is 38.9 Å². The Hall–Kier alpha value is -2.40. The molecule has 3 N–H and O–H groups in total. The summed E-state index contributed by atoms with van der Waals surface area (Å²) in [7, 11) is -0.635. The van der Waals surface area contributed by atoms with Crippen LogP contribution in [0.5, 0.6) is 5.75 Å². The molecule has 1 atom stereocenters. The zero-order chi connectivity index (χ0) is 21.0. The zero-order valence-corrected chi connectivity index (χ0v) is 17.3. The number of nitrogens with two attached hydrogens (primary N) is 1. The van der Waals surface area contributed by atoms with Gasteiger partial charge in [-0.15, -0.1) is 0 Å². The third kappa shape index (κ3) is 4.96. The van der Waals surface area contributed by atoms with Crippen LogP contribution in [-0.4, -0.2) is 63.7 Å². The van der Waals surface area contributed by atoms with Gasteiger partial charge in [-0.1, -0.05) is 12.1 Å². The van der Waals surface area contributed by atoms with E-state index in [4.69, 9.17) is 15.2 Å². The van der Waals surface area contributed by atoms with Crippen molar-refractivity contribution in [1.82, 2.24) is 14.2 Å². The van der Waals surface area contributed by atoms with E-state index in [0.29, 0.717) is 26.3 Å². The maximum absolute atomic E-state index is 12.8. The van der Waals surface area contributed by atoms with Crippen molar-refractivity contribution < 1.29 is 22.7 Å². The Labute approximate surface area is 170 Å². The molecule has 1 aromatic heterocycles. The Kier molecular flexibility index (Phi) is 6.58. The Balaban J connectivity index is 1.81. The standard InChI is InChI=1S/C19H26N4O5S/c1-22-13-16(11-17(22)19(20)24)29(25,26)21-12-18(23-7-9-28-10-8-23)14-3-5-15(27-2)6-4-14/h3-6,11,13,18,21H,7-10,12H2,1-2H3,(H2,20,24). The van der Waals surface area contributed by atoms with Crippen LogP contribution in [0.15, 0.2) is 41.4 Å². The minimum Gasteiger partial charge on any atom is -0.497 e. The van der Waals surface area contributed by atoms with Gasteiger partial charge in [0.2, 0.25) is 10.0 Å². The quantitative estimate of drug-likeness (QED) is 0.639. The molecule has 1 aromatic carbocycles. The number of aryl methyl sites for hydroxylation is 1. The highest BCUT2D eigenvalue weighted by Gasteiger charge is 2.26. The van der Waals surface area contributed by atoms with Gasteiger partial charge in [-0.05, 0) is 23.8 Å². The van der Waals surface area contributed by atoms with Crippen molar-refractivity contribution >= 4 is 15.9 Å². The van der Waals surface area contributed by atoms with E-state index in [1.54, 1.807) is 14.2 Å². The van der Waals surface area contributed by atoms with Crippen LogP contribution >= 0.6 is 0 Å². The number of benzene rings is 1. The monoisotopic (exact) mass is 422 g/mol. The van der Waals surface area contributed by atoms with Gasteiger partial charge in [-0.2, -0.15) is 0 Å². The molecule has 1 aliphatic heterocycles. The second kappa shape index (κ2) is 8.95. The predicted molar refractivity (Wildman–Crippen MR) is 107 cm³/mol. The number of hydrogen-bond acceptors (Lipinski definition) is 6. The number of morpholine rings is 1. The van der Waals surface area contributed by atoms with Crippen LogP contribution in [0.1, 0.15) is 22.1 Å². The number of nitrogens with one attached hydrogen (secondary N) is 1. The van der Waals surface area contributed by atoms with Gasteiger partial charge in [0.15, 0.2) is 0 Å². The number of carbonyl (C=O) groups excluding carboxylic acids is 1. The van der Waals surface area contributed by atoms with E-state index in [2.05, 4.69) is 9.62 Å². The lowest BCUT2D eigenvalue weighted by Gasteiger charge is -2.34. The molecule has 158 valence electrons. The van der Waals surface area contributed by atoms with E-state index in [1.165, 1.54) is 16.8 Å². The van der Waals surface area contributed by atoms with Crippen LogP contribution in [0.25, 0.3) is 0 Å². The number of sulfonamides is 1. The number of nitrogens with zero attached hydrogens (tertiary/aromatic N) is 2. The van der Waals surface area contributed by atoms with Crippen molar-refractivity contribution in [3.05, 3.63) is 47.8 Å². The van der Waals surface area contributed by atoms with E-state index in [1.807, 2.05) is 24.3 Å². The van der Waals surface area contributed by atoms with E-state index in [0.717, 1.165) is 11.3 Å². The predicted octanol–water partition coefficient (Wildman–Crippen LogP) is 0.484. The number of methoxy groups -OCH3 is 1. The summed E-state index contributed by atoms with van der Waals surface area (Å²) < 4.78 is 40.3. The first kappa shape index (κ1) is 21.3. The lowest BCUT2D eigenvalue weighted by Crippen LogP contribution is -2.43. The lowest BCUT2D eigenvalue weighted by atomic mass is 10.0. The number of primary amides is 1. The van der Waals surface area contributed by atoms with Crippen molar-refractivity contribution in [3.63, 3.8) is 0 Å². The zero-order valence-electron chi connectivity index (χ0n) is 16.5. The molecule has 2 aromatic rings. The molecule has 1 aliphatic rings. The Morgan fingerprint density at radius 3 is 2.48 bits per heavy atom. The molecule has 1 amide bonds. The second-order valence-corrected chi connectivity index (χ2v) is 8.59. The highest BCUT2D eigenvalue weighted by Crippen LogP contribution is 2.24. The van der Waals surface area contributed by atoms with Gasteiger partial charge >= 0.3 is 0 Å². The Bertz CT molecular complexity index is 949. The lowest BCUT2D eigenvalue weighted by molar-refractivity contribution is 0.0172. The summed E-state index contributed by atoms with van der Waals surface area (Å²) in [6, 6.07) is 8.68. The third-order valence-electron chi connectivity index (χ3n) is 5.00. The van der Waals surface area contributed by atoms with Gasteiger partial charge in [0.1, 0.15) is 16.3 Å². The van der Waals surface area contributed by atoms with Crippen LogP contribution in [-0.2, 0) is 21.8 Å². The van der Waals surface area contributed by atoms with Crippen LogP contribution in [0.2, 0.25) is 0 Å². The van der Waals surface area contributed by atoms with Crippen molar-refractivity contribution in [2.45, 2.75) is 10.9 Å². The molecule has 9 nitrogen and oxygen atoms in total. The average Bonchev–Trinajstić information content (AvgIpc) is 3.12. The summed E-state index contributed by atoms with van der Waals surface area (Å²) in [6.45, 7) is 2.78. The smallest absolute Gasteiger partial charge is 0.265 e. The number of hydrogen-bond donors (Lipinski definition) is 2. The number of amides is 1. The normalized spacial score (nSPS) is 16.5. The van der Waals surface area contributed by atoms with Gasteiger partial charge in [-0.3, -0.25) is 9.69 Å². The first-order valence-corrected chi connectivity index (χ1v) is 10.7. The summed E-state index contributed by atoms with van der Waals surface area (Å²) in [5.41, 5.74) is 6.39. The highest BCUT2D eigenvalue weighted by molar-refractivity contribution is 7.89. The van der Waals surface area contributed by atoms with Gasteiger partial charge in [0.05, 0.1) is 20.3 Å². The minimum atomic E-state index is -3.81. The van der Waals surface area contributed by atoms with Crippen molar-refractivity contribution in [2.24, 2.45) is 12.8 Å². The van der Waals surface area contributed by atoms with Crippen LogP contribution in [0.3, 0.4) is 0 Å². The van der Waals surface area contributed by atoms with Crippen molar-refractivity contribution in [2.75, 3.05) is 40.0 Å². The summed E-state index contributed by atoms with van der Waals surface area (Å²) in [5, 5.41) is 0. The minimum absolute atomic E-state index is 0.00394. The van der Waals surface area contributed by atoms with Crippen molar-refractivity contribution in [1.29, 1.82) is 0 Å². The SMILES string of the molecule is COc1ccc(C(CNS(=O)(=O)c2cc(C(N)=O)n(C)c2)N2CCOCC2)cc1. The molecule has 0 saturated carbocycles. The second-order valence-electron chi connectivity index (χ2n) is 6.83. The number of carbonyl (C=O) groups is 1. The largest absolute Gasteiger partial charge is 0.497 e. The van der Waals surface area contributed by atoms with Crippen LogP contribution in [0, 0.1) is 0 Å². The fourth-order valence-corrected chi connectivity index (χ4v) is 4.48. The summed E-state index contributed by atoms with van der Waals surface area (Å²) in [5.74, 6) is 0.0525. The molecule has 0 spiro atoms. The summed E-state index contributed by atoms with van der Waals surface area (Å²) >= 11 is 0. The summed E-state index contributed by atoms with van der Waals surface area (Å²) in [4.78, 5) is 13.6.